The maximum atomic E-state index is 5.75. The molecule has 0 aliphatic carbocycles. The van der Waals surface area contributed by atoms with Gasteiger partial charge >= 0.3 is 0 Å². The minimum Gasteiger partial charge on any atom is -0.496 e. The molecule has 0 saturated carbocycles. The summed E-state index contributed by atoms with van der Waals surface area (Å²) in [5, 5.41) is 3.34. The second-order valence-electron chi connectivity index (χ2n) is 5.42. The molecule has 2 aromatic rings. The summed E-state index contributed by atoms with van der Waals surface area (Å²) in [6, 6.07) is 7.75. The van der Waals surface area contributed by atoms with Crippen LogP contribution in [0.3, 0.4) is 0 Å². The first-order chi connectivity index (χ1) is 8.99. The van der Waals surface area contributed by atoms with Gasteiger partial charge in [-0.2, -0.15) is 0 Å². The van der Waals surface area contributed by atoms with Crippen LogP contribution in [0.5, 0.6) is 5.75 Å². The molecule has 0 unspecified atom stereocenters. The molecule has 0 aliphatic rings. The standard InChI is InChI=1S/C15H20N2O2/c1-15(2,3)17-10-14-16-9-13(19-14)11-7-5-6-8-12(11)18-4/h5-9,17H,10H2,1-4H3. The number of rotatable bonds is 4. The lowest BCUT2D eigenvalue weighted by Gasteiger charge is -2.18. The fourth-order valence-electron chi connectivity index (χ4n) is 1.71. The summed E-state index contributed by atoms with van der Waals surface area (Å²) in [5.41, 5.74) is 0.957. The van der Waals surface area contributed by atoms with Gasteiger partial charge in [0.1, 0.15) is 5.75 Å². The summed E-state index contributed by atoms with van der Waals surface area (Å²) < 4.78 is 11.1. The second-order valence-corrected chi connectivity index (χ2v) is 5.42. The zero-order chi connectivity index (χ0) is 13.9. The highest BCUT2D eigenvalue weighted by molar-refractivity contribution is 5.64. The zero-order valence-corrected chi connectivity index (χ0v) is 11.9. The molecular formula is C15H20N2O2. The monoisotopic (exact) mass is 260 g/mol. The Morgan fingerprint density at radius 2 is 2.00 bits per heavy atom. The fraction of sp³-hybridized carbons (Fsp3) is 0.400. The Balaban J connectivity index is 2.17. The van der Waals surface area contributed by atoms with Gasteiger partial charge < -0.3 is 14.5 Å². The minimum absolute atomic E-state index is 0.0407. The van der Waals surface area contributed by atoms with Crippen molar-refractivity contribution in [1.82, 2.24) is 10.3 Å². The Labute approximate surface area is 113 Å². The average molecular weight is 260 g/mol. The number of ether oxygens (including phenoxy) is 1. The molecule has 1 heterocycles. The zero-order valence-electron chi connectivity index (χ0n) is 11.9. The fourth-order valence-corrected chi connectivity index (χ4v) is 1.71. The Bertz CT molecular complexity index is 541. The van der Waals surface area contributed by atoms with Crippen LogP contribution in [0, 0.1) is 0 Å². The van der Waals surface area contributed by atoms with Gasteiger partial charge in [-0.05, 0) is 32.9 Å². The van der Waals surface area contributed by atoms with Crippen LogP contribution in [0.25, 0.3) is 11.3 Å². The predicted molar refractivity (Wildman–Crippen MR) is 75.1 cm³/mol. The second kappa shape index (κ2) is 5.45. The number of nitrogens with zero attached hydrogens (tertiary/aromatic N) is 1. The van der Waals surface area contributed by atoms with E-state index in [2.05, 4.69) is 31.1 Å². The molecule has 0 bridgehead atoms. The molecule has 0 spiro atoms. The summed E-state index contributed by atoms with van der Waals surface area (Å²) in [7, 11) is 1.65. The third-order valence-electron chi connectivity index (χ3n) is 2.70. The van der Waals surface area contributed by atoms with Crippen molar-refractivity contribution in [2.45, 2.75) is 32.9 Å². The Morgan fingerprint density at radius 3 is 2.68 bits per heavy atom. The minimum atomic E-state index is 0.0407. The summed E-state index contributed by atoms with van der Waals surface area (Å²) in [5.74, 6) is 2.19. The van der Waals surface area contributed by atoms with Crippen LogP contribution in [0.4, 0.5) is 0 Å². The largest absolute Gasteiger partial charge is 0.496 e. The van der Waals surface area contributed by atoms with Gasteiger partial charge in [-0.25, -0.2) is 4.98 Å². The van der Waals surface area contributed by atoms with E-state index in [1.54, 1.807) is 13.3 Å². The van der Waals surface area contributed by atoms with Crippen molar-refractivity contribution in [3.63, 3.8) is 0 Å². The highest BCUT2D eigenvalue weighted by Gasteiger charge is 2.13. The van der Waals surface area contributed by atoms with Crippen molar-refractivity contribution in [2.75, 3.05) is 7.11 Å². The first-order valence-corrected chi connectivity index (χ1v) is 6.33. The van der Waals surface area contributed by atoms with Crippen LogP contribution in [0.1, 0.15) is 26.7 Å². The molecule has 19 heavy (non-hydrogen) atoms. The van der Waals surface area contributed by atoms with Crippen molar-refractivity contribution < 1.29 is 9.15 Å². The predicted octanol–water partition coefficient (Wildman–Crippen LogP) is 3.24. The maximum absolute atomic E-state index is 5.75. The van der Waals surface area contributed by atoms with Crippen LogP contribution < -0.4 is 10.1 Å². The number of nitrogens with one attached hydrogen (secondary N) is 1. The SMILES string of the molecule is COc1ccccc1-c1cnc(CNC(C)(C)C)o1. The van der Waals surface area contributed by atoms with Crippen molar-refractivity contribution in [3.8, 4) is 17.1 Å². The van der Waals surface area contributed by atoms with E-state index in [-0.39, 0.29) is 5.54 Å². The molecule has 4 nitrogen and oxygen atoms in total. The van der Waals surface area contributed by atoms with Crippen molar-refractivity contribution in [2.24, 2.45) is 0 Å². The normalized spacial score (nSPS) is 11.6. The molecule has 0 atom stereocenters. The van der Waals surface area contributed by atoms with E-state index in [4.69, 9.17) is 9.15 Å². The smallest absolute Gasteiger partial charge is 0.208 e. The molecule has 4 heteroatoms. The molecule has 1 aromatic heterocycles. The topological polar surface area (TPSA) is 47.3 Å². The first-order valence-electron chi connectivity index (χ1n) is 6.33. The number of oxazole rings is 1. The Kier molecular flexibility index (Phi) is 3.90. The summed E-state index contributed by atoms with van der Waals surface area (Å²) in [6.07, 6.45) is 1.73. The van der Waals surface area contributed by atoms with Gasteiger partial charge in [-0.15, -0.1) is 0 Å². The lowest BCUT2D eigenvalue weighted by atomic mass is 10.1. The highest BCUT2D eigenvalue weighted by atomic mass is 16.5. The Hall–Kier alpha value is -1.81. The number of hydrogen-bond acceptors (Lipinski definition) is 4. The highest BCUT2D eigenvalue weighted by Crippen LogP contribution is 2.29. The number of aromatic nitrogens is 1. The molecule has 1 N–H and O–H groups in total. The van der Waals surface area contributed by atoms with Crippen LogP contribution in [-0.2, 0) is 6.54 Å². The number of para-hydroxylation sites is 1. The van der Waals surface area contributed by atoms with Gasteiger partial charge in [-0.3, -0.25) is 0 Å². The number of hydrogen-bond donors (Lipinski definition) is 1. The van der Waals surface area contributed by atoms with Gasteiger partial charge in [0.25, 0.3) is 0 Å². The van der Waals surface area contributed by atoms with Gasteiger partial charge in [0.2, 0.25) is 5.89 Å². The lowest BCUT2D eigenvalue weighted by Crippen LogP contribution is -2.35. The molecule has 0 aliphatic heterocycles. The quantitative estimate of drug-likeness (QED) is 0.916. The van der Waals surface area contributed by atoms with E-state index in [0.29, 0.717) is 12.4 Å². The van der Waals surface area contributed by atoms with E-state index in [9.17, 15) is 0 Å². The van der Waals surface area contributed by atoms with E-state index in [1.165, 1.54) is 0 Å². The van der Waals surface area contributed by atoms with E-state index in [0.717, 1.165) is 17.1 Å². The van der Waals surface area contributed by atoms with Crippen LogP contribution in [0.15, 0.2) is 34.9 Å². The van der Waals surface area contributed by atoms with Crippen LogP contribution >= 0.6 is 0 Å². The maximum Gasteiger partial charge on any atom is 0.208 e. The van der Waals surface area contributed by atoms with Gasteiger partial charge in [0.05, 0.1) is 25.4 Å². The average Bonchev–Trinajstić information content (AvgIpc) is 2.84. The van der Waals surface area contributed by atoms with Gasteiger partial charge in [-0.1, -0.05) is 12.1 Å². The first kappa shape index (κ1) is 13.6. The molecule has 1 aromatic carbocycles. The third kappa shape index (κ3) is 3.58. The van der Waals surface area contributed by atoms with Crippen molar-refractivity contribution in [3.05, 3.63) is 36.4 Å². The lowest BCUT2D eigenvalue weighted by molar-refractivity contribution is 0.382. The molecule has 2 rings (SSSR count). The van der Waals surface area contributed by atoms with Gasteiger partial charge in [0.15, 0.2) is 5.76 Å². The molecule has 102 valence electrons. The molecule has 0 radical (unpaired) electrons. The Morgan fingerprint density at radius 1 is 1.26 bits per heavy atom. The molecular weight excluding hydrogens is 240 g/mol. The molecule has 0 saturated heterocycles. The van der Waals surface area contributed by atoms with Crippen LogP contribution in [-0.4, -0.2) is 17.6 Å². The summed E-state index contributed by atoms with van der Waals surface area (Å²) in [6.45, 7) is 6.93. The summed E-state index contributed by atoms with van der Waals surface area (Å²) in [4.78, 5) is 4.29. The van der Waals surface area contributed by atoms with Crippen molar-refractivity contribution in [1.29, 1.82) is 0 Å². The summed E-state index contributed by atoms with van der Waals surface area (Å²) >= 11 is 0. The van der Waals surface area contributed by atoms with E-state index >= 15 is 0 Å². The van der Waals surface area contributed by atoms with Crippen molar-refractivity contribution >= 4 is 0 Å². The number of methoxy groups -OCH3 is 1. The van der Waals surface area contributed by atoms with Crippen LogP contribution in [0.2, 0.25) is 0 Å². The third-order valence-corrected chi connectivity index (χ3v) is 2.70. The molecule has 0 fully saturated rings. The number of benzene rings is 1. The van der Waals surface area contributed by atoms with Gasteiger partial charge in [0, 0.05) is 5.54 Å². The molecule has 0 amide bonds. The van der Waals surface area contributed by atoms with E-state index in [1.807, 2.05) is 24.3 Å². The van der Waals surface area contributed by atoms with E-state index < -0.39 is 0 Å².